The fourth-order valence-corrected chi connectivity index (χ4v) is 5.00. The molecule has 1 rings (SSSR count). The van der Waals surface area contributed by atoms with Gasteiger partial charge in [-0.15, -0.1) is 0 Å². The first kappa shape index (κ1) is 16.0. The number of hydrogen-bond acceptors (Lipinski definition) is 3. The minimum Gasteiger partial charge on any atom is -0.317 e. The van der Waals surface area contributed by atoms with E-state index in [2.05, 4.69) is 19.2 Å². The average Bonchev–Trinajstić information content (AvgIpc) is 2.34. The molecule has 108 valence electrons. The van der Waals surface area contributed by atoms with Crippen LogP contribution in [0.5, 0.6) is 0 Å². The van der Waals surface area contributed by atoms with Crippen LogP contribution in [0.2, 0.25) is 0 Å². The standard InChI is InChI=1S/C14H29NO2S/c1-4-13(15-3)8-6-10-18(16,17)14-9-5-7-12(2)11-14/h12-15H,4-11H2,1-3H3. The van der Waals surface area contributed by atoms with Crippen molar-refractivity contribution in [2.75, 3.05) is 12.8 Å². The van der Waals surface area contributed by atoms with E-state index in [-0.39, 0.29) is 5.25 Å². The third-order valence-electron chi connectivity index (χ3n) is 4.28. The molecule has 1 aliphatic carbocycles. The number of rotatable bonds is 7. The SMILES string of the molecule is CCC(CCCS(=O)(=O)C1CCCC(C)C1)NC. The van der Waals surface area contributed by atoms with Crippen LogP contribution < -0.4 is 5.32 Å². The summed E-state index contributed by atoms with van der Waals surface area (Å²) in [4.78, 5) is 0. The van der Waals surface area contributed by atoms with E-state index in [1.54, 1.807) is 0 Å². The molecule has 1 N–H and O–H groups in total. The van der Waals surface area contributed by atoms with Gasteiger partial charge in [-0.25, -0.2) is 8.42 Å². The van der Waals surface area contributed by atoms with Crippen LogP contribution in [0.1, 0.15) is 58.8 Å². The number of hydrogen-bond donors (Lipinski definition) is 1. The lowest BCUT2D eigenvalue weighted by Gasteiger charge is -2.26. The van der Waals surface area contributed by atoms with E-state index in [9.17, 15) is 8.42 Å². The van der Waals surface area contributed by atoms with E-state index in [0.717, 1.165) is 38.5 Å². The first-order valence-corrected chi connectivity index (χ1v) is 9.10. The van der Waals surface area contributed by atoms with Crippen LogP contribution in [0, 0.1) is 5.92 Å². The monoisotopic (exact) mass is 275 g/mol. The molecule has 1 fully saturated rings. The first-order chi connectivity index (χ1) is 8.49. The van der Waals surface area contributed by atoms with Gasteiger partial charge in [0.1, 0.15) is 0 Å². The van der Waals surface area contributed by atoms with Crippen molar-refractivity contribution in [3.8, 4) is 0 Å². The Morgan fingerprint density at radius 1 is 1.33 bits per heavy atom. The molecule has 0 aliphatic heterocycles. The minimum absolute atomic E-state index is 0.0593. The van der Waals surface area contributed by atoms with Crippen molar-refractivity contribution in [2.45, 2.75) is 70.1 Å². The van der Waals surface area contributed by atoms with Gasteiger partial charge in [0.15, 0.2) is 9.84 Å². The largest absolute Gasteiger partial charge is 0.317 e. The molecule has 1 aliphatic rings. The van der Waals surface area contributed by atoms with E-state index in [4.69, 9.17) is 0 Å². The summed E-state index contributed by atoms with van der Waals surface area (Å²) in [5.41, 5.74) is 0. The molecule has 18 heavy (non-hydrogen) atoms. The Labute approximate surface area is 113 Å². The van der Waals surface area contributed by atoms with Crippen LogP contribution in [-0.2, 0) is 9.84 Å². The molecule has 0 bridgehead atoms. The molecule has 0 amide bonds. The molecular formula is C14H29NO2S. The van der Waals surface area contributed by atoms with Gasteiger partial charge in [-0.3, -0.25) is 0 Å². The van der Waals surface area contributed by atoms with Crippen molar-refractivity contribution in [1.29, 1.82) is 0 Å². The molecule has 0 radical (unpaired) electrons. The van der Waals surface area contributed by atoms with E-state index in [1.165, 1.54) is 6.42 Å². The topological polar surface area (TPSA) is 46.2 Å². The molecule has 0 aromatic heterocycles. The first-order valence-electron chi connectivity index (χ1n) is 7.38. The predicted octanol–water partition coefficient (Wildman–Crippen LogP) is 2.76. The zero-order valence-corrected chi connectivity index (χ0v) is 12.9. The molecule has 3 nitrogen and oxygen atoms in total. The van der Waals surface area contributed by atoms with Crippen LogP contribution >= 0.6 is 0 Å². The molecule has 1 saturated carbocycles. The second-order valence-electron chi connectivity index (χ2n) is 5.80. The van der Waals surface area contributed by atoms with Gasteiger partial charge in [-0.05, 0) is 45.1 Å². The van der Waals surface area contributed by atoms with E-state index in [0.29, 0.717) is 17.7 Å². The van der Waals surface area contributed by atoms with Gasteiger partial charge in [-0.1, -0.05) is 26.7 Å². The molecule has 0 aromatic rings. The smallest absolute Gasteiger partial charge is 0.153 e. The maximum atomic E-state index is 12.3. The van der Waals surface area contributed by atoms with Gasteiger partial charge in [0.25, 0.3) is 0 Å². The van der Waals surface area contributed by atoms with Crippen molar-refractivity contribution in [2.24, 2.45) is 5.92 Å². The van der Waals surface area contributed by atoms with Gasteiger partial charge >= 0.3 is 0 Å². The maximum Gasteiger partial charge on any atom is 0.153 e. The van der Waals surface area contributed by atoms with Crippen molar-refractivity contribution >= 4 is 9.84 Å². The quantitative estimate of drug-likeness (QED) is 0.777. The summed E-state index contributed by atoms with van der Waals surface area (Å²) in [5, 5.41) is 3.17. The average molecular weight is 275 g/mol. The second-order valence-corrected chi connectivity index (χ2v) is 8.20. The lowest BCUT2D eigenvalue weighted by molar-refractivity contribution is 0.381. The van der Waals surface area contributed by atoms with Crippen molar-refractivity contribution in [3.05, 3.63) is 0 Å². The fourth-order valence-electron chi connectivity index (χ4n) is 2.95. The molecule has 0 heterocycles. The van der Waals surface area contributed by atoms with E-state index < -0.39 is 9.84 Å². The Balaban J connectivity index is 2.39. The van der Waals surface area contributed by atoms with Crippen molar-refractivity contribution in [1.82, 2.24) is 5.32 Å². The maximum absolute atomic E-state index is 12.3. The summed E-state index contributed by atoms with van der Waals surface area (Å²) >= 11 is 0. The highest BCUT2D eigenvalue weighted by Gasteiger charge is 2.29. The number of sulfone groups is 1. The molecule has 3 unspecified atom stereocenters. The molecular weight excluding hydrogens is 246 g/mol. The Bertz CT molecular complexity index is 323. The van der Waals surface area contributed by atoms with Gasteiger partial charge in [0.2, 0.25) is 0 Å². The van der Waals surface area contributed by atoms with Gasteiger partial charge < -0.3 is 5.32 Å². The highest BCUT2D eigenvalue weighted by atomic mass is 32.2. The summed E-state index contributed by atoms with van der Waals surface area (Å²) in [6.07, 6.45) is 6.88. The Morgan fingerprint density at radius 2 is 2.06 bits per heavy atom. The molecule has 4 heteroatoms. The van der Waals surface area contributed by atoms with Crippen LogP contribution in [0.15, 0.2) is 0 Å². The summed E-state index contributed by atoms with van der Waals surface area (Å²) in [6, 6.07) is 0.463. The summed E-state index contributed by atoms with van der Waals surface area (Å²) in [5.74, 6) is 0.960. The van der Waals surface area contributed by atoms with Crippen LogP contribution in [-0.4, -0.2) is 32.5 Å². The third kappa shape index (κ3) is 4.88. The van der Waals surface area contributed by atoms with Gasteiger partial charge in [0, 0.05) is 6.04 Å². The molecule has 0 saturated heterocycles. The van der Waals surface area contributed by atoms with E-state index in [1.807, 2.05) is 7.05 Å². The van der Waals surface area contributed by atoms with Gasteiger partial charge in [0.05, 0.1) is 11.0 Å². The minimum atomic E-state index is -2.86. The van der Waals surface area contributed by atoms with Crippen LogP contribution in [0.25, 0.3) is 0 Å². The molecule has 0 aromatic carbocycles. The summed E-state index contributed by atoms with van der Waals surface area (Å²) in [7, 11) is -0.906. The lowest BCUT2D eigenvalue weighted by Crippen LogP contribution is -2.30. The van der Waals surface area contributed by atoms with Crippen molar-refractivity contribution in [3.63, 3.8) is 0 Å². The van der Waals surface area contributed by atoms with Crippen molar-refractivity contribution < 1.29 is 8.42 Å². The van der Waals surface area contributed by atoms with Crippen LogP contribution in [0.4, 0.5) is 0 Å². The fraction of sp³-hybridized carbons (Fsp3) is 1.00. The third-order valence-corrected chi connectivity index (χ3v) is 6.58. The predicted molar refractivity (Wildman–Crippen MR) is 77.6 cm³/mol. The second kappa shape index (κ2) is 7.49. The Hall–Kier alpha value is -0.0900. The zero-order valence-electron chi connectivity index (χ0n) is 12.1. The Morgan fingerprint density at radius 3 is 2.61 bits per heavy atom. The van der Waals surface area contributed by atoms with Gasteiger partial charge in [-0.2, -0.15) is 0 Å². The van der Waals surface area contributed by atoms with Crippen LogP contribution in [0.3, 0.4) is 0 Å². The Kier molecular flexibility index (Phi) is 6.64. The normalized spacial score (nSPS) is 27.1. The zero-order chi connectivity index (χ0) is 13.6. The molecule has 3 atom stereocenters. The lowest BCUT2D eigenvalue weighted by atomic mass is 9.91. The highest BCUT2D eigenvalue weighted by Crippen LogP contribution is 2.29. The van der Waals surface area contributed by atoms with E-state index >= 15 is 0 Å². The molecule has 0 spiro atoms. The number of nitrogens with one attached hydrogen (secondary N) is 1. The highest BCUT2D eigenvalue weighted by molar-refractivity contribution is 7.92. The summed E-state index contributed by atoms with van der Waals surface area (Å²) in [6.45, 7) is 4.31. The summed E-state index contributed by atoms with van der Waals surface area (Å²) < 4.78 is 24.5.